The average Bonchev–Trinajstić information content (AvgIpc) is 2.49. The minimum Gasteiger partial charge on any atom is -0.384 e. The number of para-hydroxylation sites is 1. The number of hydrogen-bond acceptors (Lipinski definition) is 2. The van der Waals surface area contributed by atoms with Crippen molar-refractivity contribution < 1.29 is 18.7 Å². The first kappa shape index (κ1) is 14.7. The van der Waals surface area contributed by atoms with Crippen LogP contribution in [-0.4, -0.2) is 17.6 Å². The Balaban J connectivity index is 2.33. The number of nitrogens with one attached hydrogen (secondary N) is 1. The second-order valence-corrected chi connectivity index (χ2v) is 4.06. The summed E-state index contributed by atoms with van der Waals surface area (Å²) in [6.45, 7) is -0.349. The normalized spacial score (nSPS) is 9.67. The van der Waals surface area contributed by atoms with Crippen molar-refractivity contribution >= 4 is 11.6 Å². The standard InChI is InChI=1S/C16H11F2NO2/c17-13-8-3-9-14(18)15(13)19-16(21)12-7-2-1-5-11(12)6-4-10-20/h1-3,5,7-9,20H,10H2,(H,19,21). The van der Waals surface area contributed by atoms with Crippen molar-refractivity contribution in [3.05, 3.63) is 65.2 Å². The maximum Gasteiger partial charge on any atom is 0.257 e. The van der Waals surface area contributed by atoms with E-state index in [1.165, 1.54) is 12.1 Å². The number of rotatable bonds is 2. The van der Waals surface area contributed by atoms with Gasteiger partial charge in [-0.25, -0.2) is 8.78 Å². The molecule has 3 nitrogen and oxygen atoms in total. The van der Waals surface area contributed by atoms with Gasteiger partial charge in [0, 0.05) is 5.56 Å². The van der Waals surface area contributed by atoms with E-state index >= 15 is 0 Å². The minimum atomic E-state index is -0.859. The summed E-state index contributed by atoms with van der Waals surface area (Å²) in [5.41, 5.74) is 0.0225. The number of carbonyl (C=O) groups is 1. The summed E-state index contributed by atoms with van der Waals surface area (Å²) in [6.07, 6.45) is 0. The van der Waals surface area contributed by atoms with Crippen LogP contribution in [0.3, 0.4) is 0 Å². The number of aliphatic hydroxyl groups is 1. The molecule has 0 aliphatic carbocycles. The van der Waals surface area contributed by atoms with E-state index in [9.17, 15) is 13.6 Å². The second-order valence-electron chi connectivity index (χ2n) is 4.06. The largest absolute Gasteiger partial charge is 0.384 e. The zero-order chi connectivity index (χ0) is 15.2. The van der Waals surface area contributed by atoms with E-state index in [2.05, 4.69) is 17.2 Å². The fourth-order valence-corrected chi connectivity index (χ4v) is 1.72. The van der Waals surface area contributed by atoms with Crippen LogP contribution in [-0.2, 0) is 0 Å². The fraction of sp³-hybridized carbons (Fsp3) is 0.0625. The van der Waals surface area contributed by atoms with Gasteiger partial charge in [0.25, 0.3) is 5.91 Å². The molecule has 0 aliphatic rings. The zero-order valence-electron chi connectivity index (χ0n) is 10.9. The summed E-state index contributed by atoms with van der Waals surface area (Å²) < 4.78 is 27.0. The molecule has 2 N–H and O–H groups in total. The van der Waals surface area contributed by atoms with Crippen LogP contribution < -0.4 is 5.32 Å². The van der Waals surface area contributed by atoms with E-state index in [0.29, 0.717) is 5.56 Å². The first-order chi connectivity index (χ1) is 10.1. The first-order valence-electron chi connectivity index (χ1n) is 6.07. The predicted octanol–water partition coefficient (Wildman–Crippen LogP) is 2.56. The van der Waals surface area contributed by atoms with Crippen molar-refractivity contribution in [2.75, 3.05) is 11.9 Å². The third-order valence-electron chi connectivity index (χ3n) is 2.68. The number of aliphatic hydroxyl groups excluding tert-OH is 1. The molecule has 0 radical (unpaired) electrons. The van der Waals surface area contributed by atoms with Crippen LogP contribution in [0.1, 0.15) is 15.9 Å². The molecule has 2 aromatic rings. The highest BCUT2D eigenvalue weighted by atomic mass is 19.1. The Bertz CT molecular complexity index is 712. The molecular weight excluding hydrogens is 276 g/mol. The quantitative estimate of drug-likeness (QED) is 0.834. The lowest BCUT2D eigenvalue weighted by Gasteiger charge is -2.08. The van der Waals surface area contributed by atoms with Crippen molar-refractivity contribution in [2.24, 2.45) is 0 Å². The molecular formula is C16H11F2NO2. The lowest BCUT2D eigenvalue weighted by Crippen LogP contribution is -2.15. The number of hydrogen-bond donors (Lipinski definition) is 2. The topological polar surface area (TPSA) is 49.3 Å². The summed E-state index contributed by atoms with van der Waals surface area (Å²) in [5, 5.41) is 10.9. The van der Waals surface area contributed by atoms with Crippen LogP contribution in [0.25, 0.3) is 0 Å². The molecule has 1 amide bonds. The molecule has 0 saturated carbocycles. The lowest BCUT2D eigenvalue weighted by atomic mass is 10.1. The smallest absolute Gasteiger partial charge is 0.257 e. The van der Waals surface area contributed by atoms with Gasteiger partial charge in [-0.1, -0.05) is 30.0 Å². The predicted molar refractivity (Wildman–Crippen MR) is 74.7 cm³/mol. The van der Waals surface area contributed by atoms with Crippen LogP contribution in [0.15, 0.2) is 42.5 Å². The lowest BCUT2D eigenvalue weighted by molar-refractivity contribution is 0.102. The third kappa shape index (κ3) is 3.44. The molecule has 0 saturated heterocycles. The van der Waals surface area contributed by atoms with E-state index in [1.54, 1.807) is 18.2 Å². The van der Waals surface area contributed by atoms with Crippen LogP contribution in [0.2, 0.25) is 0 Å². The molecule has 0 spiro atoms. The molecule has 0 aliphatic heterocycles. The summed E-state index contributed by atoms with van der Waals surface area (Å²) >= 11 is 0. The Hall–Kier alpha value is -2.71. The van der Waals surface area contributed by atoms with E-state index in [-0.39, 0.29) is 12.2 Å². The van der Waals surface area contributed by atoms with Gasteiger partial charge in [-0.3, -0.25) is 4.79 Å². The van der Waals surface area contributed by atoms with Gasteiger partial charge in [-0.2, -0.15) is 0 Å². The third-order valence-corrected chi connectivity index (χ3v) is 2.68. The first-order valence-corrected chi connectivity index (χ1v) is 6.07. The summed E-state index contributed by atoms with van der Waals surface area (Å²) in [5.74, 6) is 2.64. The highest BCUT2D eigenvalue weighted by Gasteiger charge is 2.15. The Morgan fingerprint density at radius 1 is 1.10 bits per heavy atom. The van der Waals surface area contributed by atoms with Crippen molar-refractivity contribution in [1.29, 1.82) is 0 Å². The molecule has 2 rings (SSSR count). The van der Waals surface area contributed by atoms with Crippen molar-refractivity contribution in [3.63, 3.8) is 0 Å². The van der Waals surface area contributed by atoms with Gasteiger partial charge < -0.3 is 10.4 Å². The molecule has 0 atom stereocenters. The maximum atomic E-state index is 13.5. The zero-order valence-corrected chi connectivity index (χ0v) is 10.9. The van der Waals surface area contributed by atoms with Crippen molar-refractivity contribution in [3.8, 4) is 11.8 Å². The second kappa shape index (κ2) is 6.64. The van der Waals surface area contributed by atoms with Gasteiger partial charge in [0.05, 0.1) is 5.56 Å². The van der Waals surface area contributed by atoms with E-state index in [4.69, 9.17) is 5.11 Å². The van der Waals surface area contributed by atoms with Crippen LogP contribution in [0.4, 0.5) is 14.5 Å². The van der Waals surface area contributed by atoms with Gasteiger partial charge in [-0.05, 0) is 24.3 Å². The fourth-order valence-electron chi connectivity index (χ4n) is 1.72. The van der Waals surface area contributed by atoms with Crippen molar-refractivity contribution in [2.45, 2.75) is 0 Å². The monoisotopic (exact) mass is 287 g/mol. The number of benzene rings is 2. The highest BCUT2D eigenvalue weighted by molar-refractivity contribution is 6.06. The molecule has 0 aromatic heterocycles. The van der Waals surface area contributed by atoms with Crippen LogP contribution in [0.5, 0.6) is 0 Å². The van der Waals surface area contributed by atoms with Crippen LogP contribution >= 0.6 is 0 Å². The molecule has 0 fully saturated rings. The molecule has 0 bridgehead atoms. The summed E-state index contributed by atoms with van der Waals surface area (Å²) in [6, 6.07) is 9.65. The maximum absolute atomic E-state index is 13.5. The van der Waals surface area contributed by atoms with E-state index in [1.807, 2.05) is 0 Å². The van der Waals surface area contributed by atoms with Gasteiger partial charge >= 0.3 is 0 Å². The number of amides is 1. The molecule has 21 heavy (non-hydrogen) atoms. The van der Waals surface area contributed by atoms with Gasteiger partial charge in [-0.15, -0.1) is 0 Å². The Morgan fingerprint density at radius 2 is 1.76 bits per heavy atom. The Morgan fingerprint density at radius 3 is 2.43 bits per heavy atom. The van der Waals surface area contributed by atoms with Gasteiger partial charge in [0.1, 0.15) is 23.9 Å². The SMILES string of the molecule is O=C(Nc1c(F)cccc1F)c1ccccc1C#CCO. The molecule has 5 heteroatoms. The molecule has 106 valence electrons. The van der Waals surface area contributed by atoms with E-state index < -0.39 is 23.2 Å². The van der Waals surface area contributed by atoms with Crippen LogP contribution in [0, 0.1) is 23.5 Å². The Kier molecular flexibility index (Phi) is 4.64. The Labute approximate surface area is 120 Å². The number of carbonyl (C=O) groups excluding carboxylic acids is 1. The molecule has 0 unspecified atom stereocenters. The molecule has 0 heterocycles. The highest BCUT2D eigenvalue weighted by Crippen LogP contribution is 2.19. The minimum absolute atomic E-state index is 0.168. The summed E-state index contributed by atoms with van der Waals surface area (Å²) in [4.78, 5) is 12.1. The average molecular weight is 287 g/mol. The van der Waals surface area contributed by atoms with E-state index in [0.717, 1.165) is 12.1 Å². The number of anilines is 1. The van der Waals surface area contributed by atoms with Gasteiger partial charge in [0.15, 0.2) is 0 Å². The number of halogens is 2. The summed E-state index contributed by atoms with van der Waals surface area (Å²) in [7, 11) is 0. The van der Waals surface area contributed by atoms with Crippen molar-refractivity contribution in [1.82, 2.24) is 0 Å². The molecule has 2 aromatic carbocycles. The van der Waals surface area contributed by atoms with Gasteiger partial charge in [0.2, 0.25) is 0 Å².